The van der Waals surface area contributed by atoms with Gasteiger partial charge in [-0.05, 0) is 56.5 Å². The molecule has 5 heterocycles. The second-order valence-corrected chi connectivity index (χ2v) is 8.11. The van der Waals surface area contributed by atoms with E-state index in [-0.39, 0.29) is 11.9 Å². The molecule has 142 valence electrons. The average Bonchev–Trinajstić information content (AvgIpc) is 3.34. The summed E-state index contributed by atoms with van der Waals surface area (Å²) in [5.41, 5.74) is 2.19. The standard InChI is InChI=1S/C21H26N4O2/c1-13-11-22-20(23-13)21(26)25-12-17(15-4-3-5-16(10-15)27-2)19-18(25)14-6-8-24(19)9-7-14/h3-5,10-11,14,17-19H,6-9,12H2,1-2H3,(H,22,23)/t17-,18+,19+/m1/s1. The molecule has 4 aliphatic heterocycles. The van der Waals surface area contributed by atoms with Crippen molar-refractivity contribution in [2.24, 2.45) is 5.92 Å². The molecule has 0 aliphatic carbocycles. The number of nitrogens with one attached hydrogen (secondary N) is 1. The van der Waals surface area contributed by atoms with Crippen molar-refractivity contribution < 1.29 is 9.53 Å². The number of aryl methyl sites for hydroxylation is 1. The summed E-state index contributed by atoms with van der Waals surface area (Å²) in [4.78, 5) is 25.4. The molecule has 2 aromatic rings. The third-order valence-electron chi connectivity index (χ3n) is 6.68. The lowest BCUT2D eigenvalue weighted by Gasteiger charge is -2.51. The number of hydrogen-bond acceptors (Lipinski definition) is 4. The van der Waals surface area contributed by atoms with Crippen LogP contribution in [0.5, 0.6) is 5.75 Å². The molecule has 1 aromatic heterocycles. The lowest BCUT2D eigenvalue weighted by molar-refractivity contribution is -0.00375. The number of amides is 1. The van der Waals surface area contributed by atoms with Crippen LogP contribution >= 0.6 is 0 Å². The highest BCUT2D eigenvalue weighted by Crippen LogP contribution is 2.47. The fourth-order valence-corrected chi connectivity index (χ4v) is 5.48. The molecule has 4 aliphatic rings. The molecule has 0 saturated carbocycles. The van der Waals surface area contributed by atoms with Gasteiger partial charge in [-0.2, -0.15) is 0 Å². The van der Waals surface area contributed by atoms with Crippen LogP contribution in [0.4, 0.5) is 0 Å². The summed E-state index contributed by atoms with van der Waals surface area (Å²) in [6, 6.07) is 9.03. The Kier molecular flexibility index (Phi) is 3.97. The highest BCUT2D eigenvalue weighted by Gasteiger charge is 2.55. The van der Waals surface area contributed by atoms with E-state index >= 15 is 0 Å². The number of carbonyl (C=O) groups excluding carboxylic acids is 1. The van der Waals surface area contributed by atoms with Crippen LogP contribution in [0.3, 0.4) is 0 Å². The van der Waals surface area contributed by atoms with Gasteiger partial charge in [0, 0.05) is 30.4 Å². The Labute approximate surface area is 159 Å². The van der Waals surface area contributed by atoms with Crippen LogP contribution in [0.1, 0.15) is 40.6 Å². The number of nitrogens with zero attached hydrogens (tertiary/aromatic N) is 3. The summed E-state index contributed by atoms with van der Waals surface area (Å²) in [5, 5.41) is 0. The molecular formula is C21H26N4O2. The average molecular weight is 366 g/mol. The van der Waals surface area contributed by atoms with Crippen molar-refractivity contribution in [2.45, 2.75) is 37.8 Å². The van der Waals surface area contributed by atoms with E-state index in [2.05, 4.69) is 38.0 Å². The predicted octanol–water partition coefficient (Wildman–Crippen LogP) is 2.43. The van der Waals surface area contributed by atoms with E-state index in [1.165, 1.54) is 18.4 Å². The minimum atomic E-state index is 0.0391. The van der Waals surface area contributed by atoms with Crippen LogP contribution in [0.15, 0.2) is 30.5 Å². The number of H-pyrrole nitrogens is 1. The van der Waals surface area contributed by atoms with E-state index in [1.54, 1.807) is 13.3 Å². The number of imidazole rings is 1. The van der Waals surface area contributed by atoms with Gasteiger partial charge in [-0.15, -0.1) is 0 Å². The summed E-state index contributed by atoms with van der Waals surface area (Å²) in [6.07, 6.45) is 4.11. The Hall–Kier alpha value is -2.34. The van der Waals surface area contributed by atoms with E-state index in [0.717, 1.165) is 31.1 Å². The van der Waals surface area contributed by atoms with Gasteiger partial charge in [-0.25, -0.2) is 4.98 Å². The minimum Gasteiger partial charge on any atom is -0.497 e. The number of hydrogen-bond donors (Lipinski definition) is 1. The van der Waals surface area contributed by atoms with Crippen molar-refractivity contribution in [3.05, 3.63) is 47.5 Å². The van der Waals surface area contributed by atoms with Crippen molar-refractivity contribution in [1.82, 2.24) is 19.8 Å². The number of benzene rings is 1. The van der Waals surface area contributed by atoms with Crippen LogP contribution in [0.25, 0.3) is 0 Å². The molecule has 6 heteroatoms. The third kappa shape index (κ3) is 2.65. The fraction of sp³-hybridized carbons (Fsp3) is 0.524. The molecular weight excluding hydrogens is 340 g/mol. The zero-order valence-corrected chi connectivity index (χ0v) is 15.9. The summed E-state index contributed by atoms with van der Waals surface area (Å²) >= 11 is 0. The first-order chi connectivity index (χ1) is 13.2. The van der Waals surface area contributed by atoms with Gasteiger partial charge in [-0.3, -0.25) is 9.69 Å². The van der Waals surface area contributed by atoms with Crippen molar-refractivity contribution >= 4 is 5.91 Å². The number of likely N-dealkylation sites (tertiary alicyclic amines) is 1. The number of rotatable bonds is 3. The summed E-state index contributed by atoms with van der Waals surface area (Å²) < 4.78 is 5.45. The van der Waals surface area contributed by atoms with Gasteiger partial charge >= 0.3 is 0 Å². The summed E-state index contributed by atoms with van der Waals surface area (Å²) in [7, 11) is 1.71. The maximum absolute atomic E-state index is 13.3. The molecule has 1 aromatic carbocycles. The Morgan fingerprint density at radius 1 is 1.26 bits per heavy atom. The molecule has 2 bridgehead atoms. The second kappa shape index (κ2) is 6.37. The molecule has 0 unspecified atom stereocenters. The lowest BCUT2D eigenvalue weighted by Crippen LogP contribution is -2.60. The van der Waals surface area contributed by atoms with E-state index in [4.69, 9.17) is 4.74 Å². The second-order valence-electron chi connectivity index (χ2n) is 8.11. The van der Waals surface area contributed by atoms with Gasteiger partial charge in [-0.1, -0.05) is 12.1 Å². The number of fused-ring (bicyclic) bond motifs is 2. The third-order valence-corrected chi connectivity index (χ3v) is 6.68. The van der Waals surface area contributed by atoms with Crippen LogP contribution in [0, 0.1) is 12.8 Å². The fourth-order valence-electron chi connectivity index (χ4n) is 5.48. The number of aromatic amines is 1. The molecule has 4 fully saturated rings. The molecule has 6 nitrogen and oxygen atoms in total. The van der Waals surface area contributed by atoms with E-state index in [0.29, 0.717) is 23.7 Å². The number of methoxy groups -OCH3 is 1. The Morgan fingerprint density at radius 3 is 2.78 bits per heavy atom. The quantitative estimate of drug-likeness (QED) is 0.906. The van der Waals surface area contributed by atoms with Gasteiger partial charge in [0.05, 0.1) is 13.2 Å². The Balaban J connectivity index is 1.52. The van der Waals surface area contributed by atoms with Gasteiger partial charge in [0.1, 0.15) is 5.75 Å². The maximum atomic E-state index is 13.3. The first-order valence-electron chi connectivity index (χ1n) is 9.86. The minimum absolute atomic E-state index is 0.0391. The number of carbonyl (C=O) groups is 1. The molecule has 1 N–H and O–H groups in total. The first kappa shape index (κ1) is 16.8. The smallest absolute Gasteiger partial charge is 0.289 e. The lowest BCUT2D eigenvalue weighted by atomic mass is 9.75. The first-order valence-corrected chi connectivity index (χ1v) is 9.86. The van der Waals surface area contributed by atoms with Crippen molar-refractivity contribution in [3.63, 3.8) is 0 Å². The zero-order valence-electron chi connectivity index (χ0n) is 15.9. The number of aromatic nitrogens is 2. The van der Waals surface area contributed by atoms with Crippen LogP contribution < -0.4 is 4.74 Å². The highest BCUT2D eigenvalue weighted by molar-refractivity contribution is 5.91. The van der Waals surface area contributed by atoms with Gasteiger partial charge < -0.3 is 14.6 Å². The highest BCUT2D eigenvalue weighted by atomic mass is 16.5. The van der Waals surface area contributed by atoms with E-state index in [1.807, 2.05) is 13.0 Å². The summed E-state index contributed by atoms with van der Waals surface area (Å²) in [5.74, 6) is 2.29. The topological polar surface area (TPSA) is 61.5 Å². The van der Waals surface area contributed by atoms with Gasteiger partial charge in [0.25, 0.3) is 5.91 Å². The molecule has 0 radical (unpaired) electrons. The molecule has 1 amide bonds. The monoisotopic (exact) mass is 366 g/mol. The molecule has 6 rings (SSSR count). The molecule has 4 saturated heterocycles. The van der Waals surface area contributed by atoms with Crippen LogP contribution in [-0.2, 0) is 0 Å². The van der Waals surface area contributed by atoms with Gasteiger partial charge in [0.2, 0.25) is 0 Å². The summed E-state index contributed by atoms with van der Waals surface area (Å²) in [6.45, 7) is 4.97. The maximum Gasteiger partial charge on any atom is 0.289 e. The van der Waals surface area contributed by atoms with E-state index < -0.39 is 0 Å². The number of ether oxygens (including phenoxy) is 1. The largest absolute Gasteiger partial charge is 0.497 e. The van der Waals surface area contributed by atoms with Crippen molar-refractivity contribution in [1.29, 1.82) is 0 Å². The predicted molar refractivity (Wildman–Crippen MR) is 102 cm³/mol. The Morgan fingerprint density at radius 2 is 2.07 bits per heavy atom. The molecule has 0 spiro atoms. The van der Waals surface area contributed by atoms with Crippen LogP contribution in [-0.4, -0.2) is 64.5 Å². The molecule has 27 heavy (non-hydrogen) atoms. The Bertz CT molecular complexity index is 855. The normalized spacial score (nSPS) is 31.8. The SMILES string of the molecule is COc1cccc([C@H]2CN(C(=O)c3ncc(C)[nH]3)[C@H]3C4CCN(CC4)[C@@H]23)c1. The van der Waals surface area contributed by atoms with Crippen molar-refractivity contribution in [3.8, 4) is 5.75 Å². The van der Waals surface area contributed by atoms with Gasteiger partial charge in [0.15, 0.2) is 5.82 Å². The van der Waals surface area contributed by atoms with E-state index in [9.17, 15) is 4.79 Å². The molecule has 3 atom stereocenters. The zero-order chi connectivity index (χ0) is 18.5. The van der Waals surface area contributed by atoms with Crippen molar-refractivity contribution in [2.75, 3.05) is 26.7 Å². The van der Waals surface area contributed by atoms with Crippen LogP contribution in [0.2, 0.25) is 0 Å². The number of piperidine rings is 3.